The molecule has 1 aromatic rings. The van der Waals surface area contributed by atoms with Crippen molar-refractivity contribution in [1.29, 1.82) is 0 Å². The number of nitrogens with one attached hydrogen (secondary N) is 2. The summed E-state index contributed by atoms with van der Waals surface area (Å²) < 4.78 is 18.0. The fraction of sp³-hybridized carbons (Fsp3) is 0.412. The van der Waals surface area contributed by atoms with Crippen LogP contribution in [-0.4, -0.2) is 47.6 Å². The van der Waals surface area contributed by atoms with E-state index in [0.29, 0.717) is 5.56 Å². The van der Waals surface area contributed by atoms with Gasteiger partial charge in [-0.25, -0.2) is 9.18 Å². The lowest BCUT2D eigenvalue weighted by Crippen LogP contribution is -2.52. The van der Waals surface area contributed by atoms with Gasteiger partial charge in [0, 0.05) is 13.3 Å². The van der Waals surface area contributed by atoms with Crippen LogP contribution >= 0.6 is 0 Å². The summed E-state index contributed by atoms with van der Waals surface area (Å²) >= 11 is 0. The molecule has 2 atom stereocenters. The lowest BCUT2D eigenvalue weighted by Gasteiger charge is -2.21. The van der Waals surface area contributed by atoms with E-state index in [4.69, 9.17) is 5.11 Å². The topological polar surface area (TPSA) is 122 Å². The van der Waals surface area contributed by atoms with Gasteiger partial charge in [-0.15, -0.1) is 0 Å². The summed E-state index contributed by atoms with van der Waals surface area (Å²) in [6.07, 6.45) is -0.601. The first-order chi connectivity index (χ1) is 12.2. The van der Waals surface area contributed by atoms with Gasteiger partial charge in [0.15, 0.2) is 0 Å². The van der Waals surface area contributed by atoms with Crippen molar-refractivity contribution in [2.24, 2.45) is 0 Å². The zero-order valence-corrected chi connectivity index (χ0v) is 14.5. The zero-order chi connectivity index (χ0) is 19.7. The highest BCUT2D eigenvalue weighted by Crippen LogP contribution is 2.08. The van der Waals surface area contributed by atoms with Gasteiger partial charge in [-0.2, -0.15) is 0 Å². The van der Waals surface area contributed by atoms with E-state index in [1.807, 2.05) is 0 Å². The number of hydrogen-bond donors (Lipinski definition) is 3. The van der Waals surface area contributed by atoms with E-state index in [1.54, 1.807) is 13.0 Å². The highest BCUT2D eigenvalue weighted by Gasteiger charge is 2.28. The first-order valence-electron chi connectivity index (χ1n) is 7.93. The number of carbonyl (C=O) groups excluding carboxylic acids is 3. The summed E-state index contributed by atoms with van der Waals surface area (Å²) in [4.78, 5) is 46.5. The number of esters is 1. The Labute approximate surface area is 149 Å². The smallest absolute Gasteiger partial charge is 0.326 e. The number of hydrogen-bond acceptors (Lipinski definition) is 5. The zero-order valence-electron chi connectivity index (χ0n) is 14.5. The SMILES string of the molecule is CCOC(=O)C[C@H](NC(=O)[C@@H](Cc1cccc(F)c1)NC(C)=O)C(=O)O. The molecule has 2 amide bonds. The highest BCUT2D eigenvalue weighted by atomic mass is 19.1. The van der Waals surface area contributed by atoms with Gasteiger partial charge in [-0.05, 0) is 24.6 Å². The molecule has 0 aliphatic carbocycles. The Hall–Kier alpha value is -2.97. The Morgan fingerprint density at radius 2 is 1.88 bits per heavy atom. The van der Waals surface area contributed by atoms with Gasteiger partial charge in [0.2, 0.25) is 11.8 Å². The van der Waals surface area contributed by atoms with Crippen LogP contribution in [0.2, 0.25) is 0 Å². The lowest BCUT2D eigenvalue weighted by atomic mass is 10.0. The molecule has 0 bridgehead atoms. The number of carboxylic acids is 1. The van der Waals surface area contributed by atoms with Gasteiger partial charge < -0.3 is 20.5 Å². The number of carboxylic acid groups (broad SMARTS) is 1. The summed E-state index contributed by atoms with van der Waals surface area (Å²) in [7, 11) is 0. The van der Waals surface area contributed by atoms with Crippen LogP contribution in [0, 0.1) is 5.82 Å². The number of rotatable bonds is 9. The van der Waals surface area contributed by atoms with Gasteiger partial charge in [0.25, 0.3) is 0 Å². The van der Waals surface area contributed by atoms with Gasteiger partial charge in [0.1, 0.15) is 17.9 Å². The Bertz CT molecular complexity index is 679. The molecule has 0 aliphatic heterocycles. The minimum Gasteiger partial charge on any atom is -0.480 e. The molecule has 3 N–H and O–H groups in total. The van der Waals surface area contributed by atoms with E-state index in [2.05, 4.69) is 15.4 Å². The van der Waals surface area contributed by atoms with Crippen LogP contribution < -0.4 is 10.6 Å². The number of amides is 2. The van der Waals surface area contributed by atoms with Crippen LogP contribution in [-0.2, 0) is 30.3 Å². The second kappa shape index (κ2) is 10.1. The fourth-order valence-corrected chi connectivity index (χ4v) is 2.21. The van der Waals surface area contributed by atoms with Crippen LogP contribution in [0.1, 0.15) is 25.8 Å². The third-order valence-corrected chi connectivity index (χ3v) is 3.31. The molecule has 0 unspecified atom stereocenters. The van der Waals surface area contributed by atoms with Gasteiger partial charge in [0.05, 0.1) is 13.0 Å². The van der Waals surface area contributed by atoms with E-state index in [1.165, 1.54) is 25.1 Å². The first kappa shape index (κ1) is 21.1. The minimum atomic E-state index is -1.51. The molecular weight excluding hydrogens is 347 g/mol. The lowest BCUT2D eigenvalue weighted by molar-refractivity contribution is -0.150. The van der Waals surface area contributed by atoms with Crippen molar-refractivity contribution in [3.05, 3.63) is 35.6 Å². The minimum absolute atomic E-state index is 0.0467. The molecule has 142 valence electrons. The summed E-state index contributed by atoms with van der Waals surface area (Å²) in [6.45, 7) is 2.84. The Morgan fingerprint density at radius 3 is 2.42 bits per heavy atom. The predicted molar refractivity (Wildman–Crippen MR) is 88.5 cm³/mol. The Morgan fingerprint density at radius 1 is 1.19 bits per heavy atom. The van der Waals surface area contributed by atoms with E-state index in [9.17, 15) is 23.6 Å². The Balaban J connectivity index is 2.87. The fourth-order valence-electron chi connectivity index (χ4n) is 2.21. The number of ether oxygens (including phenoxy) is 1. The molecule has 1 rings (SSSR count). The summed E-state index contributed by atoms with van der Waals surface area (Å²) in [6, 6.07) is 2.82. The van der Waals surface area contributed by atoms with E-state index >= 15 is 0 Å². The molecular formula is C17H21FN2O6. The maximum atomic E-state index is 13.3. The van der Waals surface area contributed by atoms with Crippen molar-refractivity contribution >= 4 is 23.8 Å². The van der Waals surface area contributed by atoms with Crippen LogP contribution in [0.15, 0.2) is 24.3 Å². The van der Waals surface area contributed by atoms with Crippen molar-refractivity contribution in [3.8, 4) is 0 Å². The van der Waals surface area contributed by atoms with Gasteiger partial charge in [-0.1, -0.05) is 12.1 Å². The largest absolute Gasteiger partial charge is 0.480 e. The molecule has 0 radical (unpaired) electrons. The van der Waals surface area contributed by atoms with Crippen LogP contribution in [0.3, 0.4) is 0 Å². The number of halogens is 1. The Kier molecular flexibility index (Phi) is 8.20. The number of carbonyl (C=O) groups is 4. The second-order valence-electron chi connectivity index (χ2n) is 5.50. The van der Waals surface area contributed by atoms with Gasteiger partial charge >= 0.3 is 11.9 Å². The molecule has 0 aromatic heterocycles. The normalized spacial score (nSPS) is 12.6. The van der Waals surface area contributed by atoms with Gasteiger partial charge in [-0.3, -0.25) is 14.4 Å². The van der Waals surface area contributed by atoms with Crippen molar-refractivity contribution in [2.45, 2.75) is 38.8 Å². The van der Waals surface area contributed by atoms with Crippen molar-refractivity contribution in [1.82, 2.24) is 10.6 Å². The van der Waals surface area contributed by atoms with Crippen LogP contribution in [0.5, 0.6) is 0 Å². The summed E-state index contributed by atoms with van der Waals surface area (Å²) in [5.74, 6) is -4.02. The summed E-state index contributed by atoms with van der Waals surface area (Å²) in [5.41, 5.74) is 0.441. The van der Waals surface area contributed by atoms with Crippen molar-refractivity contribution in [2.75, 3.05) is 6.61 Å². The average molecular weight is 368 g/mol. The summed E-state index contributed by atoms with van der Waals surface area (Å²) in [5, 5.41) is 13.8. The molecule has 0 fully saturated rings. The maximum Gasteiger partial charge on any atom is 0.326 e. The molecule has 0 aliphatic rings. The molecule has 9 heteroatoms. The average Bonchev–Trinajstić information content (AvgIpc) is 2.53. The van der Waals surface area contributed by atoms with Crippen LogP contribution in [0.25, 0.3) is 0 Å². The predicted octanol–water partition coefficient (Wildman–Crippen LogP) is 0.395. The van der Waals surface area contributed by atoms with Crippen molar-refractivity contribution in [3.63, 3.8) is 0 Å². The second-order valence-corrected chi connectivity index (χ2v) is 5.50. The van der Waals surface area contributed by atoms with E-state index in [-0.39, 0.29) is 13.0 Å². The monoisotopic (exact) mass is 368 g/mol. The molecule has 26 heavy (non-hydrogen) atoms. The highest BCUT2D eigenvalue weighted by molar-refractivity contribution is 5.91. The number of benzene rings is 1. The quantitative estimate of drug-likeness (QED) is 0.542. The molecule has 8 nitrogen and oxygen atoms in total. The standard InChI is InChI=1S/C17H21FN2O6/c1-3-26-15(22)9-14(17(24)25)20-16(23)13(19-10(2)21)8-11-5-4-6-12(18)7-11/h4-7,13-14H,3,8-9H2,1-2H3,(H,19,21)(H,20,23)(H,24,25)/t13-,14+/m1/s1. The molecule has 1 aromatic carbocycles. The third-order valence-electron chi connectivity index (χ3n) is 3.31. The first-order valence-corrected chi connectivity index (χ1v) is 7.93. The molecule has 0 saturated carbocycles. The van der Waals surface area contributed by atoms with Crippen molar-refractivity contribution < 1.29 is 33.4 Å². The van der Waals surface area contributed by atoms with E-state index < -0.39 is 48.1 Å². The molecule has 0 spiro atoms. The van der Waals surface area contributed by atoms with Crippen LogP contribution in [0.4, 0.5) is 4.39 Å². The molecule has 0 saturated heterocycles. The third kappa shape index (κ3) is 7.29. The number of aliphatic carboxylic acids is 1. The molecule has 0 heterocycles. The van der Waals surface area contributed by atoms with E-state index in [0.717, 1.165) is 0 Å². The maximum absolute atomic E-state index is 13.3.